The average Bonchev–Trinajstić information content (AvgIpc) is 3.60. The predicted molar refractivity (Wildman–Crippen MR) is 179 cm³/mol. The van der Waals surface area contributed by atoms with E-state index in [0.717, 1.165) is 38.8 Å². The van der Waals surface area contributed by atoms with E-state index in [1.165, 1.54) is 27.2 Å². The van der Waals surface area contributed by atoms with Crippen LogP contribution in [0.25, 0.3) is 77.8 Å². The van der Waals surface area contributed by atoms with Crippen molar-refractivity contribution in [2.24, 2.45) is 0 Å². The Morgan fingerprint density at radius 3 is 1.64 bits per heavy atom. The number of para-hydroxylation sites is 3. The van der Waals surface area contributed by atoms with Gasteiger partial charge in [0.1, 0.15) is 6.33 Å². The van der Waals surface area contributed by atoms with Crippen molar-refractivity contribution in [2.75, 3.05) is 0 Å². The highest BCUT2D eigenvalue weighted by atomic mass is 15.2. The minimum atomic E-state index is 0.593. The van der Waals surface area contributed by atoms with Crippen molar-refractivity contribution in [3.8, 4) is 34.2 Å². The molecule has 0 amide bonds. The number of nitrogens with zero attached hydrogens (tertiary/aromatic N) is 5. The first-order valence-electron chi connectivity index (χ1n) is 14.7. The van der Waals surface area contributed by atoms with Crippen molar-refractivity contribution in [3.05, 3.63) is 152 Å². The Morgan fingerprint density at radius 2 is 0.932 bits per heavy atom. The normalized spacial score (nSPS) is 11.6. The maximum absolute atomic E-state index is 5.03. The van der Waals surface area contributed by atoms with Crippen LogP contribution in [0.4, 0.5) is 0 Å². The third-order valence-corrected chi connectivity index (χ3v) is 8.49. The summed E-state index contributed by atoms with van der Waals surface area (Å²) in [4.78, 5) is 14.3. The fourth-order valence-electron chi connectivity index (χ4n) is 6.48. The Balaban J connectivity index is 1.27. The third-order valence-electron chi connectivity index (χ3n) is 8.49. The van der Waals surface area contributed by atoms with E-state index in [0.29, 0.717) is 11.8 Å². The highest BCUT2D eigenvalue weighted by Crippen LogP contribution is 2.39. The summed E-state index contributed by atoms with van der Waals surface area (Å²) in [5.41, 5.74) is 8.84. The Bertz CT molecular complexity index is 2470. The molecule has 0 saturated carbocycles. The Labute approximate surface area is 253 Å². The van der Waals surface area contributed by atoms with Crippen LogP contribution in [0, 0.1) is 0 Å². The molecule has 5 nitrogen and oxygen atoms in total. The van der Waals surface area contributed by atoms with Crippen LogP contribution < -0.4 is 0 Å². The topological polar surface area (TPSA) is 48.5 Å². The molecule has 44 heavy (non-hydrogen) atoms. The number of hydrogen-bond acceptors (Lipinski definition) is 3. The molecule has 3 aromatic heterocycles. The van der Waals surface area contributed by atoms with Crippen LogP contribution >= 0.6 is 0 Å². The van der Waals surface area contributed by atoms with E-state index in [1.807, 2.05) is 6.07 Å². The molecule has 3 heterocycles. The second-order valence-electron chi connectivity index (χ2n) is 11.0. The number of hydrogen-bond donors (Lipinski definition) is 0. The summed E-state index contributed by atoms with van der Waals surface area (Å²) in [6.45, 7) is 0. The van der Waals surface area contributed by atoms with E-state index >= 15 is 0 Å². The summed E-state index contributed by atoms with van der Waals surface area (Å²) < 4.78 is 4.51. The summed E-state index contributed by atoms with van der Waals surface area (Å²) in [7, 11) is 0. The predicted octanol–water partition coefficient (Wildman–Crippen LogP) is 9.40. The SMILES string of the molecule is c1ccc(-c2ccc(-c3ncnc(-n4c5ccccc5c5cc6c7ccccc7n(-c7ccccc7)c6cc54)n3)cc2)cc1. The lowest BCUT2D eigenvalue weighted by molar-refractivity contribution is 0.947. The number of aromatic nitrogens is 5. The zero-order valence-corrected chi connectivity index (χ0v) is 23.7. The smallest absolute Gasteiger partial charge is 0.238 e. The summed E-state index contributed by atoms with van der Waals surface area (Å²) in [5.74, 6) is 1.23. The van der Waals surface area contributed by atoms with Gasteiger partial charge in [0.2, 0.25) is 5.95 Å². The summed E-state index contributed by atoms with van der Waals surface area (Å²) in [6.07, 6.45) is 1.61. The summed E-state index contributed by atoms with van der Waals surface area (Å²) in [5, 5.41) is 4.77. The molecule has 0 aliphatic heterocycles. The van der Waals surface area contributed by atoms with Crippen LogP contribution in [0.15, 0.2) is 152 Å². The molecule has 0 unspecified atom stereocenters. The number of fused-ring (bicyclic) bond motifs is 6. The van der Waals surface area contributed by atoms with Gasteiger partial charge in [-0.1, -0.05) is 109 Å². The fraction of sp³-hybridized carbons (Fsp3) is 0. The third kappa shape index (κ3) is 3.76. The first-order chi connectivity index (χ1) is 21.8. The van der Waals surface area contributed by atoms with E-state index in [-0.39, 0.29) is 0 Å². The Kier molecular flexibility index (Phi) is 5.43. The summed E-state index contributed by atoms with van der Waals surface area (Å²) >= 11 is 0. The maximum Gasteiger partial charge on any atom is 0.238 e. The quantitative estimate of drug-likeness (QED) is 0.214. The zero-order valence-electron chi connectivity index (χ0n) is 23.7. The minimum Gasteiger partial charge on any atom is -0.309 e. The van der Waals surface area contributed by atoms with Gasteiger partial charge >= 0.3 is 0 Å². The van der Waals surface area contributed by atoms with Crippen LogP contribution in [0.1, 0.15) is 0 Å². The van der Waals surface area contributed by atoms with Gasteiger partial charge < -0.3 is 4.57 Å². The van der Waals surface area contributed by atoms with Crippen LogP contribution in [-0.2, 0) is 0 Å². The number of benzene rings is 6. The molecule has 0 spiro atoms. The van der Waals surface area contributed by atoms with Crippen LogP contribution in [0.5, 0.6) is 0 Å². The molecule has 9 aromatic rings. The molecule has 9 rings (SSSR count). The molecule has 0 aliphatic rings. The first-order valence-corrected chi connectivity index (χ1v) is 14.7. The monoisotopic (exact) mass is 563 g/mol. The van der Waals surface area contributed by atoms with E-state index < -0.39 is 0 Å². The highest BCUT2D eigenvalue weighted by Gasteiger charge is 2.19. The van der Waals surface area contributed by atoms with Crippen molar-refractivity contribution in [3.63, 3.8) is 0 Å². The molecule has 206 valence electrons. The molecule has 0 bridgehead atoms. The van der Waals surface area contributed by atoms with Crippen molar-refractivity contribution < 1.29 is 0 Å². The van der Waals surface area contributed by atoms with Gasteiger partial charge in [-0.25, -0.2) is 9.97 Å². The van der Waals surface area contributed by atoms with Crippen LogP contribution in [0.3, 0.4) is 0 Å². The van der Waals surface area contributed by atoms with Crippen molar-refractivity contribution in [1.29, 1.82) is 0 Å². The van der Waals surface area contributed by atoms with Gasteiger partial charge in [-0.2, -0.15) is 4.98 Å². The molecule has 6 aromatic carbocycles. The molecule has 0 fully saturated rings. The zero-order chi connectivity index (χ0) is 29.0. The van der Waals surface area contributed by atoms with E-state index in [2.05, 4.69) is 154 Å². The second kappa shape index (κ2) is 9.75. The molecular formula is C39H25N5. The molecule has 0 saturated heterocycles. The van der Waals surface area contributed by atoms with Gasteiger partial charge in [-0.3, -0.25) is 4.57 Å². The molecule has 0 atom stereocenters. The summed E-state index contributed by atoms with van der Waals surface area (Å²) in [6, 6.07) is 51.1. The minimum absolute atomic E-state index is 0.593. The first kappa shape index (κ1) is 24.5. The van der Waals surface area contributed by atoms with Crippen LogP contribution in [-0.4, -0.2) is 24.1 Å². The van der Waals surface area contributed by atoms with Crippen molar-refractivity contribution in [2.45, 2.75) is 0 Å². The second-order valence-corrected chi connectivity index (χ2v) is 11.0. The van der Waals surface area contributed by atoms with E-state index in [9.17, 15) is 0 Å². The standard InChI is InChI=1S/C39H25N5/c1-3-11-26(12-4-1)27-19-21-28(22-20-27)38-40-25-41-39(42-38)44-35-18-10-8-16-31(35)33-23-32-30-15-7-9-17-34(30)43(36(32)24-37(33)44)29-13-5-2-6-14-29/h1-25H. The Hall–Kier alpha value is -6.07. The van der Waals surface area contributed by atoms with Gasteiger partial charge in [0, 0.05) is 32.8 Å². The Morgan fingerprint density at radius 1 is 0.386 bits per heavy atom. The molecule has 0 N–H and O–H groups in total. The lowest BCUT2D eigenvalue weighted by Crippen LogP contribution is -2.03. The average molecular weight is 564 g/mol. The lowest BCUT2D eigenvalue weighted by Gasteiger charge is -2.10. The van der Waals surface area contributed by atoms with Crippen LogP contribution in [0.2, 0.25) is 0 Å². The highest BCUT2D eigenvalue weighted by molar-refractivity contribution is 6.19. The van der Waals surface area contributed by atoms with Gasteiger partial charge in [-0.05, 0) is 47.5 Å². The molecule has 0 aliphatic carbocycles. The molecular weight excluding hydrogens is 538 g/mol. The largest absolute Gasteiger partial charge is 0.309 e. The number of rotatable bonds is 4. The molecule has 0 radical (unpaired) electrons. The van der Waals surface area contributed by atoms with E-state index in [1.54, 1.807) is 6.33 Å². The van der Waals surface area contributed by atoms with E-state index in [4.69, 9.17) is 9.97 Å². The fourth-order valence-corrected chi connectivity index (χ4v) is 6.48. The van der Waals surface area contributed by atoms with Crippen molar-refractivity contribution in [1.82, 2.24) is 24.1 Å². The van der Waals surface area contributed by atoms with Gasteiger partial charge in [0.15, 0.2) is 5.82 Å². The lowest BCUT2D eigenvalue weighted by atomic mass is 10.0. The van der Waals surface area contributed by atoms with Gasteiger partial charge in [0.05, 0.1) is 22.1 Å². The van der Waals surface area contributed by atoms with Gasteiger partial charge in [-0.15, -0.1) is 0 Å². The maximum atomic E-state index is 5.03. The molecule has 5 heteroatoms. The van der Waals surface area contributed by atoms with Gasteiger partial charge in [0.25, 0.3) is 0 Å². The van der Waals surface area contributed by atoms with Crippen molar-refractivity contribution >= 4 is 43.6 Å².